The second-order valence-corrected chi connectivity index (χ2v) is 3.71. The van der Waals surface area contributed by atoms with Gasteiger partial charge in [-0.05, 0) is 30.7 Å². The van der Waals surface area contributed by atoms with Crippen LogP contribution in [0.15, 0.2) is 18.2 Å². The number of hydrogen-bond acceptors (Lipinski definition) is 1. The normalized spacial score (nSPS) is 13.3. The lowest BCUT2D eigenvalue weighted by Gasteiger charge is -2.20. The molecule has 3 heteroatoms. The standard InChI is InChI=1S/C11H15F2N/c1-7(2)11(14-3)8-4-9(12)6-10(13)5-8/h4-7,11,14H,1-3H3. The smallest absolute Gasteiger partial charge is 0.126 e. The molecule has 1 N–H and O–H groups in total. The third-order valence-electron chi connectivity index (χ3n) is 2.22. The van der Waals surface area contributed by atoms with Crippen LogP contribution in [0.3, 0.4) is 0 Å². The molecule has 0 heterocycles. The van der Waals surface area contributed by atoms with Crippen molar-refractivity contribution in [2.24, 2.45) is 5.92 Å². The van der Waals surface area contributed by atoms with Crippen molar-refractivity contribution in [3.8, 4) is 0 Å². The van der Waals surface area contributed by atoms with Gasteiger partial charge in [0.2, 0.25) is 0 Å². The highest BCUT2D eigenvalue weighted by atomic mass is 19.1. The third kappa shape index (κ3) is 2.51. The van der Waals surface area contributed by atoms with Gasteiger partial charge >= 0.3 is 0 Å². The van der Waals surface area contributed by atoms with E-state index in [1.807, 2.05) is 13.8 Å². The van der Waals surface area contributed by atoms with Crippen LogP contribution < -0.4 is 5.32 Å². The van der Waals surface area contributed by atoms with Crippen molar-refractivity contribution in [3.05, 3.63) is 35.4 Å². The zero-order chi connectivity index (χ0) is 10.7. The lowest BCUT2D eigenvalue weighted by molar-refractivity contribution is 0.437. The van der Waals surface area contributed by atoms with Crippen molar-refractivity contribution >= 4 is 0 Å². The number of halogens is 2. The van der Waals surface area contributed by atoms with E-state index in [0.717, 1.165) is 6.07 Å². The Labute approximate surface area is 83.1 Å². The first-order valence-corrected chi connectivity index (χ1v) is 4.68. The Morgan fingerprint density at radius 2 is 1.57 bits per heavy atom. The lowest BCUT2D eigenvalue weighted by Crippen LogP contribution is -2.21. The van der Waals surface area contributed by atoms with Gasteiger partial charge in [0.05, 0.1) is 0 Å². The van der Waals surface area contributed by atoms with Crippen LogP contribution in [0, 0.1) is 17.6 Å². The summed E-state index contributed by atoms with van der Waals surface area (Å²) in [5.74, 6) is -0.761. The van der Waals surface area contributed by atoms with Gasteiger partial charge in [0, 0.05) is 12.1 Å². The molecule has 0 fully saturated rings. The molecular weight excluding hydrogens is 184 g/mol. The summed E-state index contributed by atoms with van der Waals surface area (Å²) in [6.07, 6.45) is 0. The van der Waals surface area contributed by atoms with Gasteiger partial charge in [0.1, 0.15) is 11.6 Å². The van der Waals surface area contributed by atoms with Crippen molar-refractivity contribution in [3.63, 3.8) is 0 Å². The van der Waals surface area contributed by atoms with Crippen LogP contribution in [0.1, 0.15) is 25.5 Å². The molecule has 0 bridgehead atoms. The molecule has 0 aliphatic rings. The highest BCUT2D eigenvalue weighted by Gasteiger charge is 2.14. The first-order valence-electron chi connectivity index (χ1n) is 4.68. The molecule has 1 nitrogen and oxygen atoms in total. The Bertz CT molecular complexity index is 290. The molecule has 1 rings (SSSR count). The number of nitrogens with one attached hydrogen (secondary N) is 1. The average molecular weight is 199 g/mol. The molecule has 1 atom stereocenters. The molecule has 78 valence electrons. The molecule has 0 aliphatic carbocycles. The van der Waals surface area contributed by atoms with Gasteiger partial charge in [-0.15, -0.1) is 0 Å². The van der Waals surface area contributed by atoms with Gasteiger partial charge in [0.15, 0.2) is 0 Å². The molecule has 0 saturated heterocycles. The maximum Gasteiger partial charge on any atom is 0.126 e. The summed E-state index contributed by atoms with van der Waals surface area (Å²) in [7, 11) is 1.79. The van der Waals surface area contributed by atoms with Crippen molar-refractivity contribution in [2.75, 3.05) is 7.05 Å². The zero-order valence-electron chi connectivity index (χ0n) is 8.64. The number of hydrogen-bond donors (Lipinski definition) is 1. The lowest BCUT2D eigenvalue weighted by atomic mass is 9.96. The second kappa shape index (κ2) is 4.51. The summed E-state index contributed by atoms with van der Waals surface area (Å²) < 4.78 is 25.8. The van der Waals surface area contributed by atoms with Crippen LogP contribution in [-0.2, 0) is 0 Å². The minimum Gasteiger partial charge on any atom is -0.313 e. The van der Waals surface area contributed by atoms with E-state index >= 15 is 0 Å². The van der Waals surface area contributed by atoms with E-state index in [1.54, 1.807) is 7.05 Å². The van der Waals surface area contributed by atoms with Gasteiger partial charge in [-0.3, -0.25) is 0 Å². The maximum atomic E-state index is 12.9. The molecular formula is C11H15F2N. The summed E-state index contributed by atoms with van der Waals surface area (Å²) in [4.78, 5) is 0. The Morgan fingerprint density at radius 3 is 1.93 bits per heavy atom. The molecule has 14 heavy (non-hydrogen) atoms. The van der Waals surface area contributed by atoms with Gasteiger partial charge < -0.3 is 5.32 Å². The monoisotopic (exact) mass is 199 g/mol. The molecule has 0 amide bonds. The van der Waals surface area contributed by atoms with Crippen molar-refractivity contribution in [1.82, 2.24) is 5.32 Å². The third-order valence-corrected chi connectivity index (χ3v) is 2.22. The minimum absolute atomic E-state index is 0.0137. The largest absolute Gasteiger partial charge is 0.313 e. The van der Waals surface area contributed by atoms with Crippen molar-refractivity contribution < 1.29 is 8.78 Å². The molecule has 1 aromatic carbocycles. The van der Waals surface area contributed by atoms with E-state index in [2.05, 4.69) is 5.32 Å². The topological polar surface area (TPSA) is 12.0 Å². The van der Waals surface area contributed by atoms with Gasteiger partial charge in [0.25, 0.3) is 0 Å². The summed E-state index contributed by atoms with van der Waals surface area (Å²) in [5, 5.41) is 3.04. The van der Waals surface area contributed by atoms with Crippen LogP contribution in [0.2, 0.25) is 0 Å². The van der Waals surface area contributed by atoms with Gasteiger partial charge in [-0.25, -0.2) is 8.78 Å². The van der Waals surface area contributed by atoms with Gasteiger partial charge in [-0.2, -0.15) is 0 Å². The first kappa shape index (κ1) is 11.1. The quantitative estimate of drug-likeness (QED) is 0.789. The van der Waals surface area contributed by atoms with Crippen LogP contribution in [0.5, 0.6) is 0 Å². The number of benzene rings is 1. The fourth-order valence-electron chi connectivity index (χ4n) is 1.64. The highest BCUT2D eigenvalue weighted by molar-refractivity contribution is 5.21. The highest BCUT2D eigenvalue weighted by Crippen LogP contribution is 2.22. The Balaban J connectivity index is 3.04. The average Bonchev–Trinajstić information content (AvgIpc) is 2.02. The zero-order valence-corrected chi connectivity index (χ0v) is 8.64. The summed E-state index contributed by atoms with van der Waals surface area (Å²) in [5.41, 5.74) is 0.653. The van der Waals surface area contributed by atoms with Crippen molar-refractivity contribution in [1.29, 1.82) is 0 Å². The van der Waals surface area contributed by atoms with Crippen LogP contribution >= 0.6 is 0 Å². The summed E-state index contributed by atoms with van der Waals surface area (Å²) >= 11 is 0. The van der Waals surface area contributed by atoms with E-state index in [0.29, 0.717) is 11.5 Å². The Kier molecular flexibility index (Phi) is 3.58. The SMILES string of the molecule is CNC(c1cc(F)cc(F)c1)C(C)C. The number of rotatable bonds is 3. The first-order chi connectivity index (χ1) is 6.54. The second-order valence-electron chi connectivity index (χ2n) is 3.71. The minimum atomic E-state index is -0.527. The fraction of sp³-hybridized carbons (Fsp3) is 0.455. The predicted molar refractivity (Wildman–Crippen MR) is 53.0 cm³/mol. The maximum absolute atomic E-state index is 12.9. The molecule has 0 aromatic heterocycles. The van der Waals surface area contributed by atoms with E-state index < -0.39 is 11.6 Å². The molecule has 0 saturated carbocycles. The van der Waals surface area contributed by atoms with Crippen LogP contribution in [0.25, 0.3) is 0 Å². The summed E-state index contributed by atoms with van der Waals surface area (Å²) in [6.45, 7) is 4.01. The van der Waals surface area contributed by atoms with Crippen molar-refractivity contribution in [2.45, 2.75) is 19.9 Å². The van der Waals surface area contributed by atoms with E-state index in [9.17, 15) is 8.78 Å². The molecule has 0 radical (unpaired) electrons. The van der Waals surface area contributed by atoms with Crippen LogP contribution in [0.4, 0.5) is 8.78 Å². The molecule has 0 spiro atoms. The molecule has 1 unspecified atom stereocenters. The predicted octanol–water partition coefficient (Wildman–Crippen LogP) is 2.88. The van der Waals surface area contributed by atoms with Gasteiger partial charge in [-0.1, -0.05) is 13.8 Å². The Morgan fingerprint density at radius 1 is 1.07 bits per heavy atom. The van der Waals surface area contributed by atoms with E-state index in [4.69, 9.17) is 0 Å². The Hall–Kier alpha value is -0.960. The molecule has 1 aromatic rings. The van der Waals surface area contributed by atoms with E-state index in [1.165, 1.54) is 12.1 Å². The van der Waals surface area contributed by atoms with Crippen LogP contribution in [-0.4, -0.2) is 7.05 Å². The van der Waals surface area contributed by atoms with E-state index in [-0.39, 0.29) is 6.04 Å². The summed E-state index contributed by atoms with van der Waals surface area (Å²) in [6, 6.07) is 3.60. The molecule has 0 aliphatic heterocycles. The fourth-order valence-corrected chi connectivity index (χ4v) is 1.64.